The normalized spacial score (nSPS) is 12.2. The zero-order chi connectivity index (χ0) is 14.5. The molecular weight excluding hydrogens is 255 g/mol. The number of nitrogens with one attached hydrogen (secondary N) is 1. The molecule has 0 fully saturated rings. The molecule has 1 unspecified atom stereocenters. The second-order valence-electron chi connectivity index (χ2n) is 4.72. The van der Waals surface area contributed by atoms with Crippen molar-refractivity contribution < 1.29 is 9.13 Å². The van der Waals surface area contributed by atoms with Gasteiger partial charge in [-0.2, -0.15) is 0 Å². The molecule has 2 rings (SSSR count). The SMILES string of the molecule is CNC(Cc1ccc(OC)c(F)c1)c1cccc(C)n1. The molecule has 20 heavy (non-hydrogen) atoms. The lowest BCUT2D eigenvalue weighted by Gasteiger charge is -2.16. The van der Waals surface area contributed by atoms with Crippen LogP contribution in [0.1, 0.15) is 23.0 Å². The van der Waals surface area contributed by atoms with Gasteiger partial charge in [-0.1, -0.05) is 12.1 Å². The largest absolute Gasteiger partial charge is 0.494 e. The predicted octanol–water partition coefficient (Wildman–Crippen LogP) is 3.04. The van der Waals surface area contributed by atoms with Crippen molar-refractivity contribution >= 4 is 0 Å². The Morgan fingerprint density at radius 3 is 2.70 bits per heavy atom. The number of halogens is 1. The second kappa shape index (κ2) is 6.48. The van der Waals surface area contributed by atoms with E-state index >= 15 is 0 Å². The predicted molar refractivity (Wildman–Crippen MR) is 77.4 cm³/mol. The first-order valence-corrected chi connectivity index (χ1v) is 6.57. The zero-order valence-corrected chi connectivity index (χ0v) is 12.0. The summed E-state index contributed by atoms with van der Waals surface area (Å²) in [5.74, 6) is -0.0690. The molecule has 0 aliphatic carbocycles. The first kappa shape index (κ1) is 14.5. The van der Waals surface area contributed by atoms with Crippen LogP contribution >= 0.6 is 0 Å². The van der Waals surface area contributed by atoms with Crippen molar-refractivity contribution in [1.82, 2.24) is 10.3 Å². The van der Waals surface area contributed by atoms with Crippen molar-refractivity contribution in [3.8, 4) is 5.75 Å². The quantitative estimate of drug-likeness (QED) is 0.910. The summed E-state index contributed by atoms with van der Waals surface area (Å²) in [4.78, 5) is 4.52. The average molecular weight is 274 g/mol. The van der Waals surface area contributed by atoms with E-state index in [1.807, 2.05) is 38.2 Å². The van der Waals surface area contributed by atoms with E-state index in [4.69, 9.17) is 4.74 Å². The Labute approximate surface area is 118 Å². The van der Waals surface area contributed by atoms with Gasteiger partial charge < -0.3 is 10.1 Å². The Morgan fingerprint density at radius 1 is 1.30 bits per heavy atom. The van der Waals surface area contributed by atoms with E-state index in [-0.39, 0.29) is 17.6 Å². The number of aryl methyl sites for hydroxylation is 1. The van der Waals surface area contributed by atoms with Crippen LogP contribution < -0.4 is 10.1 Å². The van der Waals surface area contributed by atoms with Gasteiger partial charge in [0, 0.05) is 5.69 Å². The molecule has 0 saturated heterocycles. The van der Waals surface area contributed by atoms with Crippen LogP contribution in [0.25, 0.3) is 0 Å². The molecule has 0 aliphatic rings. The summed E-state index contributed by atoms with van der Waals surface area (Å²) in [7, 11) is 3.35. The van der Waals surface area contributed by atoms with Crippen molar-refractivity contribution in [2.45, 2.75) is 19.4 Å². The van der Waals surface area contributed by atoms with Gasteiger partial charge in [0.2, 0.25) is 0 Å². The van der Waals surface area contributed by atoms with Crippen LogP contribution in [0.2, 0.25) is 0 Å². The van der Waals surface area contributed by atoms with Crippen LogP contribution in [0.5, 0.6) is 5.75 Å². The standard InChI is InChI=1S/C16H19FN2O/c1-11-5-4-6-14(19-11)15(18-2)10-12-7-8-16(20-3)13(17)9-12/h4-9,15,18H,10H2,1-3H3. The van der Waals surface area contributed by atoms with Crippen LogP contribution in [-0.4, -0.2) is 19.1 Å². The number of nitrogens with zero attached hydrogens (tertiary/aromatic N) is 1. The molecule has 2 aromatic rings. The van der Waals surface area contributed by atoms with Gasteiger partial charge in [-0.25, -0.2) is 4.39 Å². The summed E-state index contributed by atoms with van der Waals surface area (Å²) in [6, 6.07) is 11.0. The molecule has 1 atom stereocenters. The Balaban J connectivity index is 2.20. The summed E-state index contributed by atoms with van der Waals surface area (Å²) >= 11 is 0. The molecule has 1 N–H and O–H groups in total. The smallest absolute Gasteiger partial charge is 0.165 e. The minimum atomic E-state index is -0.336. The molecule has 106 valence electrons. The third kappa shape index (κ3) is 3.33. The number of benzene rings is 1. The molecule has 0 amide bonds. The van der Waals surface area contributed by atoms with E-state index in [1.54, 1.807) is 6.07 Å². The number of hydrogen-bond acceptors (Lipinski definition) is 3. The van der Waals surface area contributed by atoms with Crippen LogP contribution in [0, 0.1) is 12.7 Å². The van der Waals surface area contributed by atoms with Gasteiger partial charge in [0.05, 0.1) is 18.8 Å². The van der Waals surface area contributed by atoms with E-state index < -0.39 is 0 Å². The number of pyridine rings is 1. The molecule has 3 nitrogen and oxygen atoms in total. The maximum absolute atomic E-state index is 13.7. The van der Waals surface area contributed by atoms with Gasteiger partial charge in [0.1, 0.15) is 0 Å². The molecular formula is C16H19FN2O. The highest BCUT2D eigenvalue weighted by Gasteiger charge is 2.13. The minimum absolute atomic E-state index is 0.0581. The lowest BCUT2D eigenvalue weighted by molar-refractivity contribution is 0.386. The number of hydrogen-bond donors (Lipinski definition) is 1. The fourth-order valence-corrected chi connectivity index (χ4v) is 2.19. The Bertz CT molecular complexity index is 586. The van der Waals surface area contributed by atoms with E-state index in [1.165, 1.54) is 13.2 Å². The van der Waals surface area contributed by atoms with Crippen LogP contribution in [-0.2, 0) is 6.42 Å². The Hall–Kier alpha value is -1.94. The Kier molecular flexibility index (Phi) is 4.69. The number of rotatable bonds is 5. The third-order valence-corrected chi connectivity index (χ3v) is 3.27. The Morgan fingerprint density at radius 2 is 2.10 bits per heavy atom. The van der Waals surface area contributed by atoms with E-state index in [0.717, 1.165) is 17.0 Å². The molecule has 0 bridgehead atoms. The highest BCUT2D eigenvalue weighted by molar-refractivity contribution is 5.30. The summed E-state index contributed by atoms with van der Waals surface area (Å²) in [5, 5.41) is 3.23. The van der Waals surface area contributed by atoms with E-state index in [0.29, 0.717) is 6.42 Å². The molecule has 0 saturated carbocycles. The lowest BCUT2D eigenvalue weighted by atomic mass is 10.0. The number of aromatic nitrogens is 1. The number of methoxy groups -OCH3 is 1. The molecule has 1 aromatic carbocycles. The lowest BCUT2D eigenvalue weighted by Crippen LogP contribution is -2.20. The molecule has 0 aliphatic heterocycles. The van der Waals surface area contributed by atoms with Crippen LogP contribution in [0.4, 0.5) is 4.39 Å². The highest BCUT2D eigenvalue weighted by Crippen LogP contribution is 2.22. The van der Waals surface area contributed by atoms with Gasteiger partial charge in [-0.15, -0.1) is 0 Å². The van der Waals surface area contributed by atoms with E-state index in [9.17, 15) is 4.39 Å². The van der Waals surface area contributed by atoms with Crippen molar-refractivity contribution in [3.05, 3.63) is 59.2 Å². The summed E-state index contributed by atoms with van der Waals surface area (Å²) in [5.41, 5.74) is 2.85. The zero-order valence-electron chi connectivity index (χ0n) is 12.0. The third-order valence-electron chi connectivity index (χ3n) is 3.27. The fraction of sp³-hybridized carbons (Fsp3) is 0.312. The van der Waals surface area contributed by atoms with Crippen molar-refractivity contribution in [2.24, 2.45) is 0 Å². The molecule has 0 radical (unpaired) electrons. The van der Waals surface area contributed by atoms with Crippen molar-refractivity contribution in [1.29, 1.82) is 0 Å². The average Bonchev–Trinajstić information content (AvgIpc) is 2.45. The second-order valence-corrected chi connectivity index (χ2v) is 4.72. The van der Waals surface area contributed by atoms with Crippen LogP contribution in [0.3, 0.4) is 0 Å². The molecule has 1 heterocycles. The fourth-order valence-electron chi connectivity index (χ4n) is 2.19. The summed E-state index contributed by atoms with van der Waals surface area (Å²) in [6.45, 7) is 1.96. The summed E-state index contributed by atoms with van der Waals surface area (Å²) in [6.07, 6.45) is 0.674. The molecule has 0 spiro atoms. The minimum Gasteiger partial charge on any atom is -0.494 e. The highest BCUT2D eigenvalue weighted by atomic mass is 19.1. The van der Waals surface area contributed by atoms with Crippen molar-refractivity contribution in [3.63, 3.8) is 0 Å². The van der Waals surface area contributed by atoms with Crippen LogP contribution in [0.15, 0.2) is 36.4 Å². The molecule has 4 heteroatoms. The van der Waals surface area contributed by atoms with Gasteiger partial charge >= 0.3 is 0 Å². The first-order chi connectivity index (χ1) is 9.63. The van der Waals surface area contributed by atoms with E-state index in [2.05, 4.69) is 10.3 Å². The molecule has 1 aromatic heterocycles. The number of ether oxygens (including phenoxy) is 1. The van der Waals surface area contributed by atoms with Crippen molar-refractivity contribution in [2.75, 3.05) is 14.2 Å². The first-order valence-electron chi connectivity index (χ1n) is 6.57. The maximum atomic E-state index is 13.7. The van der Waals surface area contributed by atoms with Gasteiger partial charge in [0.15, 0.2) is 11.6 Å². The topological polar surface area (TPSA) is 34.1 Å². The summed E-state index contributed by atoms with van der Waals surface area (Å²) < 4.78 is 18.6. The maximum Gasteiger partial charge on any atom is 0.165 e. The van der Waals surface area contributed by atoms with Gasteiger partial charge in [0.25, 0.3) is 0 Å². The van der Waals surface area contributed by atoms with Gasteiger partial charge in [-0.05, 0) is 50.2 Å². The monoisotopic (exact) mass is 274 g/mol. The van der Waals surface area contributed by atoms with Gasteiger partial charge in [-0.3, -0.25) is 4.98 Å². The number of likely N-dealkylation sites (N-methyl/N-ethyl adjacent to an activating group) is 1.